The Hall–Kier alpha value is -2.96. The lowest BCUT2D eigenvalue weighted by Crippen LogP contribution is -2.25. The maximum absolute atomic E-state index is 13.1. The summed E-state index contributed by atoms with van der Waals surface area (Å²) >= 11 is 2.86. The van der Waals surface area contributed by atoms with Crippen molar-refractivity contribution in [3.63, 3.8) is 0 Å². The molecule has 0 unspecified atom stereocenters. The van der Waals surface area contributed by atoms with E-state index in [2.05, 4.69) is 5.32 Å². The molecule has 0 aliphatic carbocycles. The van der Waals surface area contributed by atoms with Crippen molar-refractivity contribution in [1.82, 2.24) is 0 Å². The number of hydrogen-bond acceptors (Lipinski definition) is 6. The minimum atomic E-state index is -0.696. The van der Waals surface area contributed by atoms with Gasteiger partial charge in [-0.2, -0.15) is 0 Å². The molecule has 4 aromatic rings. The Bertz CT molecular complexity index is 1130. The number of fused-ring (bicyclic) bond motifs is 1. The molecule has 1 atom stereocenters. The fourth-order valence-corrected chi connectivity index (χ4v) is 4.69. The van der Waals surface area contributed by atoms with Crippen molar-refractivity contribution in [3.8, 4) is 5.75 Å². The molecule has 1 N–H and O–H groups in total. The van der Waals surface area contributed by atoms with E-state index >= 15 is 0 Å². The lowest BCUT2D eigenvalue weighted by Gasteiger charge is -2.18. The van der Waals surface area contributed by atoms with Crippen LogP contribution in [0.25, 0.3) is 10.1 Å². The Morgan fingerprint density at radius 2 is 1.71 bits per heavy atom. The summed E-state index contributed by atoms with van der Waals surface area (Å²) in [5, 5.41) is 8.02. The van der Waals surface area contributed by atoms with E-state index in [1.807, 2.05) is 60.0 Å². The molecule has 140 valence electrons. The summed E-state index contributed by atoms with van der Waals surface area (Å²) in [5.74, 6) is -0.262. The molecule has 4 rings (SSSR count). The van der Waals surface area contributed by atoms with Crippen molar-refractivity contribution in [3.05, 3.63) is 81.9 Å². The normalized spacial score (nSPS) is 11.9. The fraction of sp³-hybridized carbons (Fsp3) is 0.0909. The van der Waals surface area contributed by atoms with Crippen LogP contribution in [0.3, 0.4) is 0 Å². The van der Waals surface area contributed by atoms with Crippen LogP contribution in [-0.4, -0.2) is 11.8 Å². The summed E-state index contributed by atoms with van der Waals surface area (Å²) in [5.41, 5.74) is 1.67. The molecule has 0 aliphatic rings. The highest BCUT2D eigenvalue weighted by Gasteiger charge is 2.27. The predicted molar refractivity (Wildman–Crippen MR) is 115 cm³/mol. The zero-order valence-electron chi connectivity index (χ0n) is 15.0. The number of hydrogen-bond donors (Lipinski definition) is 1. The molecule has 0 aliphatic heterocycles. The van der Waals surface area contributed by atoms with Crippen LogP contribution in [0, 0.1) is 0 Å². The number of ketones is 1. The Kier molecular flexibility index (Phi) is 5.23. The summed E-state index contributed by atoms with van der Waals surface area (Å²) in [4.78, 5) is 25.4. The maximum Gasteiger partial charge on any atom is 0.338 e. The number of para-hydroxylation sites is 1. The van der Waals surface area contributed by atoms with E-state index in [4.69, 9.17) is 4.74 Å². The highest BCUT2D eigenvalue weighted by molar-refractivity contribution is 7.17. The summed E-state index contributed by atoms with van der Waals surface area (Å²) < 4.78 is 6.75. The molecule has 0 saturated heterocycles. The van der Waals surface area contributed by atoms with Gasteiger partial charge in [0, 0.05) is 22.9 Å². The molecular weight excluding hydrogens is 390 g/mol. The van der Waals surface area contributed by atoms with Crippen LogP contribution in [0.15, 0.2) is 71.4 Å². The zero-order chi connectivity index (χ0) is 19.5. The van der Waals surface area contributed by atoms with Crippen molar-refractivity contribution in [2.75, 3.05) is 5.32 Å². The molecule has 0 radical (unpaired) electrons. The van der Waals surface area contributed by atoms with Gasteiger partial charge in [-0.25, -0.2) is 4.79 Å². The summed E-state index contributed by atoms with van der Waals surface area (Å²) in [6, 6.07) is 18.5. The first kappa shape index (κ1) is 18.4. The van der Waals surface area contributed by atoms with E-state index < -0.39 is 12.0 Å². The van der Waals surface area contributed by atoms with Gasteiger partial charge in [0.25, 0.3) is 0 Å². The molecule has 0 fully saturated rings. The minimum absolute atomic E-state index is 0.119. The Morgan fingerprint density at radius 1 is 0.964 bits per heavy atom. The van der Waals surface area contributed by atoms with Crippen molar-refractivity contribution in [2.24, 2.45) is 0 Å². The first-order valence-electron chi connectivity index (χ1n) is 8.71. The van der Waals surface area contributed by atoms with Crippen molar-refractivity contribution >= 4 is 50.2 Å². The van der Waals surface area contributed by atoms with Gasteiger partial charge >= 0.3 is 5.97 Å². The van der Waals surface area contributed by atoms with Gasteiger partial charge in [-0.05, 0) is 40.4 Å². The molecule has 0 bridgehead atoms. The van der Waals surface area contributed by atoms with Crippen LogP contribution in [0.2, 0.25) is 0 Å². The van der Waals surface area contributed by atoms with Crippen LogP contribution in [0.1, 0.15) is 28.2 Å². The Labute approximate surface area is 170 Å². The van der Waals surface area contributed by atoms with Crippen molar-refractivity contribution in [1.29, 1.82) is 0 Å². The number of esters is 1. The number of benzene rings is 2. The number of ether oxygens (including phenoxy) is 1. The third-order valence-corrected chi connectivity index (χ3v) is 6.28. The second-order valence-electron chi connectivity index (χ2n) is 6.22. The average molecular weight is 408 g/mol. The standard InChI is InChI=1S/C22H17NO3S2/c1-14(24)21-18(11-12-27-21)26-22(25)20(23-15-7-3-2-4-8-15)17-13-28-19-10-6-5-9-16(17)19/h2-13,20,23H,1H3/t20-/m1/s1. The molecule has 2 heterocycles. The third-order valence-electron chi connectivity index (χ3n) is 4.30. The van der Waals surface area contributed by atoms with Gasteiger partial charge in [0.15, 0.2) is 17.6 Å². The van der Waals surface area contributed by atoms with Gasteiger partial charge in [0.2, 0.25) is 0 Å². The van der Waals surface area contributed by atoms with Crippen LogP contribution in [0.5, 0.6) is 5.75 Å². The van der Waals surface area contributed by atoms with Gasteiger partial charge < -0.3 is 10.1 Å². The molecular formula is C22H17NO3S2. The summed E-state index contributed by atoms with van der Waals surface area (Å²) in [6.07, 6.45) is 0. The molecule has 0 saturated carbocycles. The number of Topliss-reactive ketones (excluding diaryl/α,β-unsaturated/α-hetero) is 1. The lowest BCUT2D eigenvalue weighted by molar-refractivity contribution is -0.135. The second-order valence-corrected chi connectivity index (χ2v) is 8.05. The van der Waals surface area contributed by atoms with Crippen LogP contribution >= 0.6 is 22.7 Å². The molecule has 4 nitrogen and oxygen atoms in total. The fourth-order valence-electron chi connectivity index (χ4n) is 2.99. The molecule has 6 heteroatoms. The van der Waals surface area contributed by atoms with Crippen molar-refractivity contribution < 1.29 is 14.3 Å². The molecule has 28 heavy (non-hydrogen) atoms. The second kappa shape index (κ2) is 7.96. The smallest absolute Gasteiger partial charge is 0.338 e. The Morgan fingerprint density at radius 3 is 2.50 bits per heavy atom. The van der Waals surface area contributed by atoms with Gasteiger partial charge in [0.1, 0.15) is 4.88 Å². The average Bonchev–Trinajstić information content (AvgIpc) is 3.34. The topological polar surface area (TPSA) is 55.4 Å². The van der Waals surface area contributed by atoms with Gasteiger partial charge in [-0.1, -0.05) is 36.4 Å². The summed E-state index contributed by atoms with van der Waals surface area (Å²) in [6.45, 7) is 1.47. The predicted octanol–water partition coefficient (Wildman–Crippen LogP) is 5.92. The number of nitrogens with one attached hydrogen (secondary N) is 1. The first-order valence-corrected chi connectivity index (χ1v) is 10.5. The van der Waals surface area contributed by atoms with E-state index in [9.17, 15) is 9.59 Å². The number of thiophene rings is 2. The van der Waals surface area contributed by atoms with Crippen LogP contribution in [0.4, 0.5) is 5.69 Å². The zero-order valence-corrected chi connectivity index (χ0v) is 16.7. The summed E-state index contributed by atoms with van der Waals surface area (Å²) in [7, 11) is 0. The van der Waals surface area contributed by atoms with E-state index in [1.165, 1.54) is 18.3 Å². The minimum Gasteiger partial charge on any atom is -0.423 e. The van der Waals surface area contributed by atoms with E-state index in [1.54, 1.807) is 22.8 Å². The van der Waals surface area contributed by atoms with E-state index in [0.717, 1.165) is 21.3 Å². The van der Waals surface area contributed by atoms with Crippen molar-refractivity contribution in [2.45, 2.75) is 13.0 Å². The van der Waals surface area contributed by atoms with Crippen LogP contribution in [-0.2, 0) is 4.79 Å². The largest absolute Gasteiger partial charge is 0.423 e. The molecule has 2 aromatic carbocycles. The maximum atomic E-state index is 13.1. The third kappa shape index (κ3) is 3.69. The molecule has 0 spiro atoms. The highest BCUT2D eigenvalue weighted by atomic mass is 32.1. The van der Waals surface area contributed by atoms with Gasteiger partial charge in [-0.15, -0.1) is 22.7 Å². The van der Waals surface area contributed by atoms with E-state index in [0.29, 0.717) is 10.6 Å². The number of rotatable bonds is 6. The first-order chi connectivity index (χ1) is 13.6. The molecule has 2 aromatic heterocycles. The number of carbonyl (C=O) groups excluding carboxylic acids is 2. The monoisotopic (exact) mass is 407 g/mol. The van der Waals surface area contributed by atoms with E-state index in [-0.39, 0.29) is 5.78 Å². The number of anilines is 1. The highest BCUT2D eigenvalue weighted by Crippen LogP contribution is 2.34. The van der Waals surface area contributed by atoms with Crippen LogP contribution < -0.4 is 10.1 Å². The van der Waals surface area contributed by atoms with Gasteiger partial charge in [-0.3, -0.25) is 4.79 Å². The molecule has 0 amide bonds. The Balaban J connectivity index is 1.71. The number of carbonyl (C=O) groups is 2. The SMILES string of the molecule is CC(=O)c1sccc1OC(=O)[C@H](Nc1ccccc1)c1csc2ccccc12. The lowest BCUT2D eigenvalue weighted by atomic mass is 10.1. The van der Waals surface area contributed by atoms with Gasteiger partial charge in [0.05, 0.1) is 0 Å². The quantitative estimate of drug-likeness (QED) is 0.318.